The van der Waals surface area contributed by atoms with Crippen molar-refractivity contribution < 1.29 is 4.21 Å². The first-order valence-corrected chi connectivity index (χ1v) is 7.71. The molecule has 1 heterocycles. The highest BCUT2D eigenvalue weighted by Gasteiger charge is 2.14. The molecule has 1 saturated heterocycles. The Hall–Kier alpha value is 0.0700. The molecule has 1 aliphatic heterocycles. The normalized spacial score (nSPS) is 26.1. The Morgan fingerprint density at radius 3 is 2.93 bits per heavy atom. The van der Waals surface area contributed by atoms with Gasteiger partial charge in [0.05, 0.1) is 0 Å². The average Bonchev–Trinajstić information content (AvgIpc) is 2.42. The van der Waals surface area contributed by atoms with Crippen molar-refractivity contribution in [2.45, 2.75) is 32.2 Å². The van der Waals surface area contributed by atoms with Gasteiger partial charge in [0.15, 0.2) is 0 Å². The Labute approximate surface area is 96.1 Å². The largest absolute Gasteiger partial charge is 0.313 e. The molecule has 1 rings (SSSR count). The molecule has 0 amide bonds. The molecule has 1 fully saturated rings. The van der Waals surface area contributed by atoms with Crippen molar-refractivity contribution >= 4 is 10.8 Å². The molecule has 90 valence electrons. The molecule has 2 unspecified atom stereocenters. The van der Waals surface area contributed by atoms with Gasteiger partial charge in [0, 0.05) is 41.9 Å². The number of hydrogen-bond acceptors (Lipinski definition) is 3. The lowest BCUT2D eigenvalue weighted by Gasteiger charge is -2.18. The summed E-state index contributed by atoms with van der Waals surface area (Å²) in [6.45, 7) is 6.80. The quantitative estimate of drug-likeness (QED) is 0.762. The van der Waals surface area contributed by atoms with Gasteiger partial charge in [0.25, 0.3) is 0 Å². The van der Waals surface area contributed by atoms with E-state index in [1.807, 2.05) is 0 Å². The van der Waals surface area contributed by atoms with E-state index in [2.05, 4.69) is 17.1 Å². The minimum absolute atomic E-state index is 0.625. The number of rotatable bonds is 5. The smallest absolute Gasteiger partial charge is 0.0244 e. The van der Waals surface area contributed by atoms with Gasteiger partial charge in [0.1, 0.15) is 0 Å². The van der Waals surface area contributed by atoms with Crippen molar-refractivity contribution in [3.63, 3.8) is 0 Å². The average molecular weight is 232 g/mol. The van der Waals surface area contributed by atoms with E-state index >= 15 is 0 Å². The lowest BCUT2D eigenvalue weighted by atomic mass is 10.1. The van der Waals surface area contributed by atoms with Crippen LogP contribution in [0, 0.1) is 0 Å². The lowest BCUT2D eigenvalue weighted by molar-refractivity contribution is 0.291. The second kappa shape index (κ2) is 7.36. The van der Waals surface area contributed by atoms with Gasteiger partial charge in [-0.2, -0.15) is 0 Å². The molecule has 2 atom stereocenters. The van der Waals surface area contributed by atoms with Gasteiger partial charge in [-0.3, -0.25) is 4.21 Å². The molecule has 0 aliphatic carbocycles. The summed E-state index contributed by atoms with van der Waals surface area (Å²) < 4.78 is 10.9. The second-order valence-electron chi connectivity index (χ2n) is 4.32. The van der Waals surface area contributed by atoms with E-state index in [0.717, 1.165) is 31.8 Å². The van der Waals surface area contributed by atoms with Crippen molar-refractivity contribution in [1.82, 2.24) is 10.2 Å². The van der Waals surface area contributed by atoms with Crippen LogP contribution in [0.4, 0.5) is 0 Å². The molecule has 15 heavy (non-hydrogen) atoms. The van der Waals surface area contributed by atoms with Crippen LogP contribution in [-0.2, 0) is 10.8 Å². The summed E-state index contributed by atoms with van der Waals surface area (Å²) in [6.07, 6.45) is 5.34. The molecule has 1 aliphatic rings. The summed E-state index contributed by atoms with van der Waals surface area (Å²) in [5.41, 5.74) is 0. The zero-order valence-electron chi connectivity index (χ0n) is 10.00. The number of nitrogens with zero attached hydrogens (tertiary/aromatic N) is 1. The molecule has 0 saturated carbocycles. The Bertz CT molecular complexity index is 199. The summed E-state index contributed by atoms with van der Waals surface area (Å²) in [5.74, 6) is 0.848. The van der Waals surface area contributed by atoms with Crippen molar-refractivity contribution in [3.05, 3.63) is 0 Å². The second-order valence-corrected chi connectivity index (χ2v) is 5.88. The molecule has 0 spiro atoms. The summed E-state index contributed by atoms with van der Waals surface area (Å²) in [5, 5.41) is 3.56. The van der Waals surface area contributed by atoms with Gasteiger partial charge in [-0.25, -0.2) is 0 Å². The van der Waals surface area contributed by atoms with Gasteiger partial charge in [-0.15, -0.1) is 0 Å². The first kappa shape index (κ1) is 13.1. The summed E-state index contributed by atoms with van der Waals surface area (Å²) >= 11 is 0. The Morgan fingerprint density at radius 2 is 2.27 bits per heavy atom. The van der Waals surface area contributed by atoms with Gasteiger partial charge >= 0.3 is 0 Å². The van der Waals surface area contributed by atoms with Crippen LogP contribution in [0.25, 0.3) is 0 Å². The zero-order valence-corrected chi connectivity index (χ0v) is 10.8. The van der Waals surface area contributed by atoms with Crippen molar-refractivity contribution in [2.75, 3.05) is 38.2 Å². The fraction of sp³-hybridized carbons (Fsp3) is 1.00. The Morgan fingerprint density at radius 1 is 1.47 bits per heavy atom. The van der Waals surface area contributed by atoms with E-state index in [4.69, 9.17) is 0 Å². The SMILES string of the molecule is CCC1CCN(CCCS(C)=O)CCN1. The predicted molar refractivity (Wildman–Crippen MR) is 66.7 cm³/mol. The molecule has 0 bridgehead atoms. The molecular weight excluding hydrogens is 208 g/mol. The van der Waals surface area contributed by atoms with E-state index in [1.165, 1.54) is 19.4 Å². The monoisotopic (exact) mass is 232 g/mol. The van der Waals surface area contributed by atoms with Crippen molar-refractivity contribution in [1.29, 1.82) is 0 Å². The van der Waals surface area contributed by atoms with E-state index in [-0.39, 0.29) is 0 Å². The highest BCUT2D eigenvalue weighted by Crippen LogP contribution is 2.05. The molecule has 3 nitrogen and oxygen atoms in total. The third-order valence-electron chi connectivity index (χ3n) is 3.05. The van der Waals surface area contributed by atoms with Crippen LogP contribution in [0.1, 0.15) is 26.2 Å². The summed E-state index contributed by atoms with van der Waals surface area (Å²) in [7, 11) is -0.625. The Kier molecular flexibility index (Phi) is 6.45. The van der Waals surface area contributed by atoms with Crippen LogP contribution in [0.2, 0.25) is 0 Å². The van der Waals surface area contributed by atoms with E-state index < -0.39 is 10.8 Å². The van der Waals surface area contributed by atoms with Crippen molar-refractivity contribution in [2.24, 2.45) is 0 Å². The molecular formula is C11H24N2OS. The number of hydrogen-bond donors (Lipinski definition) is 1. The highest BCUT2D eigenvalue weighted by atomic mass is 32.2. The van der Waals surface area contributed by atoms with Gasteiger partial charge < -0.3 is 10.2 Å². The third kappa shape index (κ3) is 5.64. The maximum absolute atomic E-state index is 10.9. The third-order valence-corrected chi connectivity index (χ3v) is 3.92. The van der Waals surface area contributed by atoms with Crippen molar-refractivity contribution in [3.8, 4) is 0 Å². The van der Waals surface area contributed by atoms with E-state index in [0.29, 0.717) is 6.04 Å². The van der Waals surface area contributed by atoms with Crippen LogP contribution in [0.15, 0.2) is 0 Å². The minimum atomic E-state index is -0.625. The van der Waals surface area contributed by atoms with E-state index in [1.54, 1.807) is 6.26 Å². The van der Waals surface area contributed by atoms with Gasteiger partial charge in [-0.05, 0) is 32.4 Å². The highest BCUT2D eigenvalue weighted by molar-refractivity contribution is 7.84. The maximum atomic E-state index is 10.9. The summed E-state index contributed by atoms with van der Waals surface area (Å²) in [6, 6.07) is 0.704. The molecule has 4 heteroatoms. The first-order valence-electron chi connectivity index (χ1n) is 5.98. The minimum Gasteiger partial charge on any atom is -0.313 e. The fourth-order valence-electron chi connectivity index (χ4n) is 2.04. The van der Waals surface area contributed by atoms with Crippen LogP contribution in [0.5, 0.6) is 0 Å². The topological polar surface area (TPSA) is 32.3 Å². The molecule has 0 aromatic carbocycles. The molecule has 0 aromatic rings. The standard InChI is InChI=1S/C11H24N2OS/c1-3-11-5-8-13(9-6-12-11)7-4-10-15(2)14/h11-12H,3-10H2,1-2H3. The molecule has 0 aromatic heterocycles. The lowest BCUT2D eigenvalue weighted by Crippen LogP contribution is -2.30. The number of nitrogens with one attached hydrogen (secondary N) is 1. The predicted octanol–water partition coefficient (Wildman–Crippen LogP) is 0.829. The fourth-order valence-corrected chi connectivity index (χ4v) is 2.58. The molecule has 0 radical (unpaired) electrons. The van der Waals surface area contributed by atoms with Gasteiger partial charge in [0.2, 0.25) is 0 Å². The van der Waals surface area contributed by atoms with Crippen LogP contribution >= 0.6 is 0 Å². The van der Waals surface area contributed by atoms with Crippen LogP contribution in [0.3, 0.4) is 0 Å². The Balaban J connectivity index is 2.16. The first-order chi connectivity index (χ1) is 7.22. The zero-order chi connectivity index (χ0) is 11.1. The summed E-state index contributed by atoms with van der Waals surface area (Å²) in [4.78, 5) is 2.50. The molecule has 1 N–H and O–H groups in total. The van der Waals surface area contributed by atoms with Crippen LogP contribution in [-0.4, -0.2) is 53.3 Å². The van der Waals surface area contributed by atoms with Crippen LogP contribution < -0.4 is 5.32 Å². The van der Waals surface area contributed by atoms with E-state index in [9.17, 15) is 4.21 Å². The maximum Gasteiger partial charge on any atom is 0.0244 e. The van der Waals surface area contributed by atoms with Gasteiger partial charge in [-0.1, -0.05) is 6.92 Å².